The van der Waals surface area contributed by atoms with Crippen LogP contribution in [0.25, 0.3) is 0 Å². The van der Waals surface area contributed by atoms with Gasteiger partial charge < -0.3 is 10.2 Å². The number of carbonyl (C=O) groups is 2. The highest BCUT2D eigenvalue weighted by molar-refractivity contribution is 7.92. The molecule has 4 rings (SSSR count). The third-order valence-corrected chi connectivity index (χ3v) is 10.2. The van der Waals surface area contributed by atoms with Crippen LogP contribution in [-0.4, -0.2) is 43.8 Å². The number of anilines is 1. The van der Waals surface area contributed by atoms with E-state index in [2.05, 4.69) is 5.32 Å². The predicted octanol–water partition coefficient (Wildman–Crippen LogP) is 6.33. The Morgan fingerprint density at radius 3 is 2.24 bits per heavy atom. The van der Waals surface area contributed by atoms with Crippen LogP contribution in [0.5, 0.6) is 0 Å². The van der Waals surface area contributed by atoms with Crippen LogP contribution in [0.3, 0.4) is 0 Å². The number of rotatable bonds is 11. The summed E-state index contributed by atoms with van der Waals surface area (Å²) in [6, 6.07) is 18.5. The molecule has 2 amide bonds. The first-order valence-corrected chi connectivity index (χ1v) is 16.3. The highest BCUT2D eigenvalue weighted by Gasteiger charge is 2.35. The van der Waals surface area contributed by atoms with E-state index >= 15 is 0 Å². The van der Waals surface area contributed by atoms with Crippen molar-refractivity contribution in [3.63, 3.8) is 0 Å². The van der Waals surface area contributed by atoms with Crippen LogP contribution in [0.1, 0.15) is 61.3 Å². The summed E-state index contributed by atoms with van der Waals surface area (Å²) >= 11 is 6.42. The van der Waals surface area contributed by atoms with Crippen molar-refractivity contribution in [3.05, 3.63) is 94.0 Å². The average Bonchev–Trinajstić information content (AvgIpc) is 3.47. The zero-order valence-corrected chi connectivity index (χ0v) is 26.3. The summed E-state index contributed by atoms with van der Waals surface area (Å²) < 4.78 is 29.2. The molecule has 1 N–H and O–H groups in total. The Bertz CT molecular complexity index is 1520. The van der Waals surface area contributed by atoms with Crippen molar-refractivity contribution in [1.29, 1.82) is 0 Å². The number of nitrogens with zero attached hydrogens (tertiary/aromatic N) is 2. The molecular formula is C33H40ClN3O4S. The maximum atomic E-state index is 14.3. The third kappa shape index (κ3) is 7.34. The minimum absolute atomic E-state index is 0.0640. The summed E-state index contributed by atoms with van der Waals surface area (Å²) in [7, 11) is -4.15. The Hall–Kier alpha value is -3.36. The first-order chi connectivity index (χ1) is 20.0. The first-order valence-electron chi connectivity index (χ1n) is 14.5. The van der Waals surface area contributed by atoms with Crippen molar-refractivity contribution in [3.8, 4) is 0 Å². The van der Waals surface area contributed by atoms with Gasteiger partial charge in [-0.2, -0.15) is 0 Å². The van der Waals surface area contributed by atoms with Crippen molar-refractivity contribution in [2.45, 2.75) is 83.3 Å². The summed E-state index contributed by atoms with van der Waals surface area (Å²) in [5, 5.41) is 3.54. The van der Waals surface area contributed by atoms with Gasteiger partial charge in [0.1, 0.15) is 12.6 Å². The van der Waals surface area contributed by atoms with Gasteiger partial charge in [-0.3, -0.25) is 13.9 Å². The van der Waals surface area contributed by atoms with E-state index in [-0.39, 0.29) is 29.1 Å². The number of amides is 2. The molecule has 0 unspecified atom stereocenters. The van der Waals surface area contributed by atoms with E-state index in [1.165, 1.54) is 17.0 Å². The van der Waals surface area contributed by atoms with Gasteiger partial charge in [0.2, 0.25) is 11.8 Å². The molecule has 7 nitrogen and oxygen atoms in total. The maximum absolute atomic E-state index is 14.3. The molecule has 1 aliphatic carbocycles. The first kappa shape index (κ1) is 31.6. The molecule has 0 spiro atoms. The van der Waals surface area contributed by atoms with E-state index in [4.69, 9.17) is 11.6 Å². The lowest BCUT2D eigenvalue weighted by Gasteiger charge is -2.34. The molecular weight excluding hydrogens is 570 g/mol. The zero-order valence-electron chi connectivity index (χ0n) is 24.8. The van der Waals surface area contributed by atoms with Crippen molar-refractivity contribution >= 4 is 39.1 Å². The van der Waals surface area contributed by atoms with Crippen LogP contribution in [0.2, 0.25) is 5.02 Å². The molecule has 1 fully saturated rings. The molecule has 42 heavy (non-hydrogen) atoms. The maximum Gasteiger partial charge on any atom is 0.264 e. The molecule has 0 bridgehead atoms. The van der Waals surface area contributed by atoms with Crippen LogP contribution in [0.4, 0.5) is 5.69 Å². The highest BCUT2D eigenvalue weighted by atomic mass is 35.5. The lowest BCUT2D eigenvalue weighted by Crippen LogP contribution is -2.53. The van der Waals surface area contributed by atoms with Gasteiger partial charge in [-0.15, -0.1) is 0 Å². The van der Waals surface area contributed by atoms with E-state index in [0.717, 1.165) is 52.2 Å². The topological polar surface area (TPSA) is 86.8 Å². The van der Waals surface area contributed by atoms with Crippen molar-refractivity contribution < 1.29 is 18.0 Å². The smallest absolute Gasteiger partial charge is 0.264 e. The summed E-state index contributed by atoms with van der Waals surface area (Å²) in [6.07, 6.45) is 4.36. The Morgan fingerprint density at radius 1 is 0.952 bits per heavy atom. The molecule has 224 valence electrons. The molecule has 1 aliphatic rings. The number of benzene rings is 3. The Morgan fingerprint density at radius 2 is 1.62 bits per heavy atom. The fraction of sp³-hybridized carbons (Fsp3) is 0.394. The van der Waals surface area contributed by atoms with Gasteiger partial charge in [0.25, 0.3) is 10.0 Å². The van der Waals surface area contributed by atoms with E-state index in [9.17, 15) is 18.0 Å². The van der Waals surface area contributed by atoms with Crippen molar-refractivity contribution in [1.82, 2.24) is 10.2 Å². The largest absolute Gasteiger partial charge is 0.352 e. The molecule has 9 heteroatoms. The minimum atomic E-state index is -4.15. The minimum Gasteiger partial charge on any atom is -0.352 e. The van der Waals surface area contributed by atoms with Gasteiger partial charge in [0.05, 0.1) is 10.6 Å². The summed E-state index contributed by atoms with van der Waals surface area (Å²) in [6.45, 7) is 7.22. The molecule has 0 aromatic heterocycles. The number of sulfonamides is 1. The summed E-state index contributed by atoms with van der Waals surface area (Å²) in [5.74, 6) is -0.684. The van der Waals surface area contributed by atoms with E-state index in [1.54, 1.807) is 30.3 Å². The van der Waals surface area contributed by atoms with Gasteiger partial charge in [0, 0.05) is 17.6 Å². The van der Waals surface area contributed by atoms with Crippen LogP contribution >= 0.6 is 11.6 Å². The Balaban J connectivity index is 1.74. The summed E-state index contributed by atoms with van der Waals surface area (Å²) in [5.41, 5.74) is 3.85. The van der Waals surface area contributed by atoms with Crippen LogP contribution in [0.15, 0.2) is 71.6 Å². The fourth-order valence-electron chi connectivity index (χ4n) is 5.36. The monoisotopic (exact) mass is 609 g/mol. The SMILES string of the molecule is CC[C@H](C(=O)NC1CCCC1)N(Cc1ccccc1C)C(=O)CN(c1ccc(C)c(Cl)c1)S(=O)(=O)c1ccc(C)cc1. The number of hydrogen-bond acceptors (Lipinski definition) is 4. The van der Waals surface area contributed by atoms with Crippen LogP contribution in [-0.2, 0) is 26.2 Å². The quantitative estimate of drug-likeness (QED) is 0.275. The molecule has 0 aliphatic heterocycles. The van der Waals surface area contributed by atoms with Crippen molar-refractivity contribution in [2.75, 3.05) is 10.8 Å². The average molecular weight is 610 g/mol. The van der Waals surface area contributed by atoms with Gasteiger partial charge in [-0.25, -0.2) is 8.42 Å². The third-order valence-electron chi connectivity index (χ3n) is 8.02. The molecule has 3 aromatic rings. The van der Waals surface area contributed by atoms with Crippen molar-refractivity contribution in [2.24, 2.45) is 0 Å². The van der Waals surface area contributed by atoms with Gasteiger partial charge in [0.15, 0.2) is 0 Å². The second kappa shape index (κ2) is 13.7. The number of nitrogens with one attached hydrogen (secondary N) is 1. The standard InChI is InChI=1S/C33H40ClN3O4S/c1-5-31(33(39)35-27-12-8-9-13-27)36(21-26-11-7-6-10-24(26)3)32(38)22-37(28-17-16-25(4)30(34)20-28)42(40,41)29-18-14-23(2)15-19-29/h6-7,10-11,14-20,27,31H,5,8-9,12-13,21-22H2,1-4H3,(H,35,39)/t31-/m1/s1. The van der Waals surface area contributed by atoms with E-state index < -0.39 is 28.5 Å². The lowest BCUT2D eigenvalue weighted by atomic mass is 10.1. The normalized spacial score (nSPS) is 14.4. The Labute approximate surface area is 254 Å². The number of hydrogen-bond donors (Lipinski definition) is 1. The summed E-state index contributed by atoms with van der Waals surface area (Å²) in [4.78, 5) is 29.5. The number of halogens is 1. The number of carbonyl (C=O) groups excluding carboxylic acids is 2. The van der Waals surface area contributed by atoms with Crippen LogP contribution < -0.4 is 9.62 Å². The molecule has 0 radical (unpaired) electrons. The highest BCUT2D eigenvalue weighted by Crippen LogP contribution is 2.29. The molecule has 3 aromatic carbocycles. The number of aryl methyl sites for hydroxylation is 3. The van der Waals surface area contributed by atoms with Gasteiger partial charge in [-0.1, -0.05) is 79.4 Å². The lowest BCUT2D eigenvalue weighted by molar-refractivity contribution is -0.140. The van der Waals surface area contributed by atoms with E-state index in [1.807, 2.05) is 52.0 Å². The molecule has 1 saturated carbocycles. The Kier molecular flexibility index (Phi) is 10.3. The molecule has 0 heterocycles. The predicted molar refractivity (Wildman–Crippen MR) is 168 cm³/mol. The molecule has 1 atom stereocenters. The van der Waals surface area contributed by atoms with Gasteiger partial charge >= 0.3 is 0 Å². The fourth-order valence-corrected chi connectivity index (χ4v) is 6.94. The zero-order chi connectivity index (χ0) is 30.4. The van der Waals surface area contributed by atoms with Gasteiger partial charge in [-0.05, 0) is 81.0 Å². The second-order valence-corrected chi connectivity index (χ2v) is 13.4. The van der Waals surface area contributed by atoms with E-state index in [0.29, 0.717) is 11.4 Å². The molecule has 0 saturated heterocycles. The second-order valence-electron chi connectivity index (χ2n) is 11.1. The van der Waals surface area contributed by atoms with Crippen LogP contribution in [0, 0.1) is 20.8 Å².